The Morgan fingerprint density at radius 1 is 1.14 bits per heavy atom. The molecule has 0 saturated carbocycles. The van der Waals surface area contributed by atoms with E-state index in [-0.39, 0.29) is 30.0 Å². The maximum Gasteiger partial charge on any atom is 0.340 e. The summed E-state index contributed by atoms with van der Waals surface area (Å²) >= 11 is 0. The van der Waals surface area contributed by atoms with Crippen molar-refractivity contribution in [2.45, 2.75) is 31.0 Å². The molecular formula is C20H20N4O4. The number of carbonyl (C=O) groups excluding carboxylic acids is 1. The average Bonchev–Trinajstić information content (AvgIpc) is 3.08. The van der Waals surface area contributed by atoms with Crippen molar-refractivity contribution in [2.24, 2.45) is 0 Å². The van der Waals surface area contributed by atoms with Crippen LogP contribution in [0.1, 0.15) is 23.2 Å². The zero-order chi connectivity index (χ0) is 19.1. The van der Waals surface area contributed by atoms with Crippen LogP contribution >= 0.6 is 0 Å². The second-order valence-electron chi connectivity index (χ2n) is 7.28. The second kappa shape index (κ2) is 6.88. The Kier molecular flexibility index (Phi) is 4.22. The number of aromatic hydroxyl groups is 1. The van der Waals surface area contributed by atoms with Crippen molar-refractivity contribution >= 4 is 16.9 Å². The van der Waals surface area contributed by atoms with Crippen molar-refractivity contribution in [1.82, 2.24) is 20.1 Å². The van der Waals surface area contributed by atoms with Gasteiger partial charge in [0.2, 0.25) is 5.88 Å². The van der Waals surface area contributed by atoms with Crippen LogP contribution in [0.15, 0.2) is 42.6 Å². The molecule has 2 N–H and O–H groups in total. The summed E-state index contributed by atoms with van der Waals surface area (Å²) in [6.07, 6.45) is 3.11. The van der Waals surface area contributed by atoms with Gasteiger partial charge in [0.05, 0.1) is 24.3 Å². The van der Waals surface area contributed by atoms with Crippen LogP contribution in [-0.2, 0) is 9.47 Å². The van der Waals surface area contributed by atoms with Crippen molar-refractivity contribution in [1.29, 1.82) is 0 Å². The molecule has 2 unspecified atom stereocenters. The summed E-state index contributed by atoms with van der Waals surface area (Å²) in [5, 5.41) is 21.4. The fraction of sp³-hybridized carbons (Fsp3) is 0.350. The molecule has 2 aliphatic heterocycles. The van der Waals surface area contributed by atoms with Crippen LogP contribution in [0.5, 0.6) is 5.88 Å². The number of para-hydroxylation sites is 1. The van der Waals surface area contributed by atoms with E-state index >= 15 is 0 Å². The predicted molar refractivity (Wildman–Crippen MR) is 100 cm³/mol. The van der Waals surface area contributed by atoms with Gasteiger partial charge < -0.3 is 19.9 Å². The van der Waals surface area contributed by atoms with Crippen LogP contribution in [0, 0.1) is 0 Å². The van der Waals surface area contributed by atoms with Crippen molar-refractivity contribution in [3.8, 4) is 11.7 Å². The van der Waals surface area contributed by atoms with Gasteiger partial charge in [-0.25, -0.2) is 4.79 Å². The van der Waals surface area contributed by atoms with Crippen molar-refractivity contribution < 1.29 is 19.4 Å². The first-order valence-electron chi connectivity index (χ1n) is 9.35. The van der Waals surface area contributed by atoms with Gasteiger partial charge >= 0.3 is 5.97 Å². The van der Waals surface area contributed by atoms with Gasteiger partial charge in [0.25, 0.3) is 0 Å². The molecular weight excluding hydrogens is 360 g/mol. The zero-order valence-corrected chi connectivity index (χ0v) is 15.1. The number of nitrogens with zero attached hydrogens (tertiary/aromatic N) is 3. The molecule has 0 amide bonds. The lowest BCUT2D eigenvalue weighted by atomic mass is 9.94. The number of rotatable bonds is 3. The number of hydrogen-bond donors (Lipinski definition) is 2. The SMILES string of the molecule is O=C(OC1CC2COCC(C1)N2)c1cn(-c2ccc(O)nn2)c2ccccc12. The zero-order valence-electron chi connectivity index (χ0n) is 15.1. The summed E-state index contributed by atoms with van der Waals surface area (Å²) in [4.78, 5) is 13.0. The van der Waals surface area contributed by atoms with Crippen LogP contribution < -0.4 is 5.32 Å². The number of ether oxygens (including phenoxy) is 2. The monoisotopic (exact) mass is 380 g/mol. The van der Waals surface area contributed by atoms with Crippen LogP contribution in [-0.4, -0.2) is 57.2 Å². The molecule has 3 aromatic rings. The topological polar surface area (TPSA) is 98.5 Å². The quantitative estimate of drug-likeness (QED) is 0.669. The third-order valence-corrected chi connectivity index (χ3v) is 5.29. The van der Waals surface area contributed by atoms with E-state index in [2.05, 4.69) is 15.5 Å². The van der Waals surface area contributed by atoms with E-state index in [4.69, 9.17) is 9.47 Å². The van der Waals surface area contributed by atoms with Gasteiger partial charge in [-0.15, -0.1) is 10.2 Å². The Balaban J connectivity index is 1.45. The molecule has 2 aromatic heterocycles. The molecule has 144 valence electrons. The number of carbonyl (C=O) groups is 1. The Morgan fingerprint density at radius 3 is 2.68 bits per heavy atom. The lowest BCUT2D eigenvalue weighted by Gasteiger charge is -2.39. The number of hydrogen-bond acceptors (Lipinski definition) is 7. The first kappa shape index (κ1) is 17.2. The second-order valence-corrected chi connectivity index (χ2v) is 7.28. The number of fused-ring (bicyclic) bond motifs is 3. The fourth-order valence-electron chi connectivity index (χ4n) is 4.07. The van der Waals surface area contributed by atoms with Gasteiger partial charge in [-0.2, -0.15) is 0 Å². The van der Waals surface area contributed by atoms with Gasteiger partial charge in [0.1, 0.15) is 6.10 Å². The lowest BCUT2D eigenvalue weighted by molar-refractivity contribution is -0.0339. The minimum atomic E-state index is -0.340. The third kappa shape index (κ3) is 3.10. The smallest absolute Gasteiger partial charge is 0.340 e. The van der Waals surface area contributed by atoms with Gasteiger partial charge in [0.15, 0.2) is 5.82 Å². The van der Waals surface area contributed by atoms with Gasteiger partial charge in [-0.05, 0) is 12.1 Å². The van der Waals surface area contributed by atoms with Gasteiger partial charge in [0, 0.05) is 42.6 Å². The Bertz CT molecular complexity index is 1000. The summed E-state index contributed by atoms with van der Waals surface area (Å²) in [5.41, 5.74) is 1.32. The molecule has 4 heterocycles. The number of benzene rings is 1. The fourth-order valence-corrected chi connectivity index (χ4v) is 4.07. The largest absolute Gasteiger partial charge is 0.492 e. The molecule has 5 rings (SSSR count). The number of nitrogens with one attached hydrogen (secondary N) is 1. The minimum Gasteiger partial charge on any atom is -0.492 e. The molecule has 2 saturated heterocycles. The maximum atomic E-state index is 13.0. The van der Waals surface area contributed by atoms with E-state index in [1.165, 1.54) is 6.07 Å². The molecule has 0 radical (unpaired) electrons. The predicted octanol–water partition coefficient (Wildman–Crippen LogP) is 1.80. The number of morpholine rings is 1. The van der Waals surface area contributed by atoms with Crippen molar-refractivity contribution in [2.75, 3.05) is 13.2 Å². The van der Waals surface area contributed by atoms with E-state index in [9.17, 15) is 9.90 Å². The molecule has 1 aromatic carbocycles. The van der Waals surface area contributed by atoms with Crippen LogP contribution in [0.3, 0.4) is 0 Å². The van der Waals surface area contributed by atoms with Gasteiger partial charge in [-0.1, -0.05) is 18.2 Å². The molecule has 8 heteroatoms. The third-order valence-electron chi connectivity index (χ3n) is 5.29. The average molecular weight is 380 g/mol. The minimum absolute atomic E-state index is 0.122. The molecule has 2 bridgehead atoms. The highest BCUT2D eigenvalue weighted by Gasteiger charge is 2.34. The Morgan fingerprint density at radius 2 is 1.93 bits per heavy atom. The van der Waals surface area contributed by atoms with E-state index < -0.39 is 0 Å². The first-order valence-corrected chi connectivity index (χ1v) is 9.35. The summed E-state index contributed by atoms with van der Waals surface area (Å²) in [5.74, 6) is 0.0226. The summed E-state index contributed by atoms with van der Waals surface area (Å²) in [6, 6.07) is 11.2. The Hall–Kier alpha value is -2.97. The first-order chi connectivity index (χ1) is 13.7. The molecule has 0 aliphatic carbocycles. The van der Waals surface area contributed by atoms with E-state index in [0.29, 0.717) is 24.6 Å². The van der Waals surface area contributed by atoms with E-state index in [1.807, 2.05) is 24.3 Å². The maximum absolute atomic E-state index is 13.0. The summed E-state index contributed by atoms with van der Waals surface area (Å²) in [7, 11) is 0. The number of piperidine rings is 1. The normalized spacial score (nSPS) is 24.2. The molecule has 0 spiro atoms. The number of esters is 1. The molecule has 2 atom stereocenters. The van der Waals surface area contributed by atoms with Gasteiger partial charge in [-0.3, -0.25) is 4.57 Å². The highest BCUT2D eigenvalue weighted by Crippen LogP contribution is 2.27. The van der Waals surface area contributed by atoms with Crippen LogP contribution in [0.2, 0.25) is 0 Å². The molecule has 2 fully saturated rings. The summed E-state index contributed by atoms with van der Waals surface area (Å²) in [6.45, 7) is 1.31. The summed E-state index contributed by atoms with van der Waals surface area (Å²) < 4.78 is 13.2. The highest BCUT2D eigenvalue weighted by molar-refractivity contribution is 6.04. The van der Waals surface area contributed by atoms with Crippen LogP contribution in [0.4, 0.5) is 0 Å². The van der Waals surface area contributed by atoms with E-state index in [1.54, 1.807) is 16.8 Å². The van der Waals surface area contributed by atoms with Crippen molar-refractivity contribution in [3.63, 3.8) is 0 Å². The molecule has 2 aliphatic rings. The number of aromatic nitrogens is 3. The molecule has 8 nitrogen and oxygen atoms in total. The standard InChI is InChI=1S/C20H20N4O4/c25-19-6-5-18(22-23-19)24-9-16(15-3-1-2-4-17(15)24)20(26)28-14-7-12-10-27-11-13(8-14)21-12/h1-6,9,12-14,21H,7-8,10-11H2,(H,23,25). The van der Waals surface area contributed by atoms with E-state index in [0.717, 1.165) is 23.7 Å². The highest BCUT2D eigenvalue weighted by atomic mass is 16.5. The lowest BCUT2D eigenvalue weighted by Crippen LogP contribution is -2.56. The molecule has 28 heavy (non-hydrogen) atoms. The van der Waals surface area contributed by atoms with Crippen molar-refractivity contribution in [3.05, 3.63) is 48.2 Å². The van der Waals surface area contributed by atoms with Crippen LogP contribution in [0.25, 0.3) is 16.7 Å². The Labute approximate surface area is 161 Å².